The van der Waals surface area contributed by atoms with Crippen molar-refractivity contribution < 1.29 is 19.1 Å². The molecule has 2 aromatic carbocycles. The summed E-state index contributed by atoms with van der Waals surface area (Å²) in [6, 6.07) is 19.3. The van der Waals surface area contributed by atoms with Crippen molar-refractivity contribution in [3.8, 4) is 0 Å². The van der Waals surface area contributed by atoms with Gasteiger partial charge in [-0.15, -0.1) is 0 Å². The van der Waals surface area contributed by atoms with Gasteiger partial charge in [0, 0.05) is 11.9 Å². The molecule has 8 nitrogen and oxygen atoms in total. The number of primary amides is 1. The molecular weight excluding hydrogens is 396 g/mol. The maximum absolute atomic E-state index is 12.5. The Morgan fingerprint density at radius 1 is 0.968 bits per heavy atom. The molecule has 0 bridgehead atoms. The maximum atomic E-state index is 12.5. The predicted molar refractivity (Wildman–Crippen MR) is 116 cm³/mol. The minimum absolute atomic E-state index is 0.172. The van der Waals surface area contributed by atoms with Crippen molar-refractivity contribution in [3.05, 3.63) is 78.0 Å². The fraction of sp³-hybridized carbons (Fsp3) is 0.217. The molecule has 0 radical (unpaired) electrons. The average molecular weight is 420 g/mol. The van der Waals surface area contributed by atoms with Crippen LogP contribution in [0.15, 0.2) is 66.7 Å². The fourth-order valence-electron chi connectivity index (χ4n) is 2.98. The Morgan fingerprint density at radius 2 is 1.71 bits per heavy atom. The highest BCUT2D eigenvalue weighted by Gasteiger charge is 2.19. The molecular formula is C23H24N4O4. The highest BCUT2D eigenvalue weighted by atomic mass is 16.5. The minimum atomic E-state index is -0.872. The van der Waals surface area contributed by atoms with Gasteiger partial charge in [0.2, 0.25) is 5.91 Å². The van der Waals surface area contributed by atoms with E-state index in [0.29, 0.717) is 11.9 Å². The molecule has 1 atom stereocenters. The summed E-state index contributed by atoms with van der Waals surface area (Å²) in [4.78, 5) is 40.3. The van der Waals surface area contributed by atoms with Gasteiger partial charge in [0.15, 0.2) is 0 Å². The number of hydrogen-bond acceptors (Lipinski definition) is 5. The van der Waals surface area contributed by atoms with Gasteiger partial charge in [-0.05, 0) is 30.5 Å². The minimum Gasteiger partial charge on any atom is -0.445 e. The molecule has 0 aliphatic rings. The van der Waals surface area contributed by atoms with E-state index in [1.807, 2.05) is 48.5 Å². The molecule has 1 aromatic heterocycles. The molecule has 31 heavy (non-hydrogen) atoms. The lowest BCUT2D eigenvalue weighted by Crippen LogP contribution is -2.45. The Hall–Kier alpha value is -3.94. The number of benzene rings is 2. The summed E-state index contributed by atoms with van der Waals surface area (Å²) in [5, 5.41) is 6.14. The molecule has 0 aliphatic heterocycles. The van der Waals surface area contributed by atoms with Gasteiger partial charge >= 0.3 is 6.09 Å². The van der Waals surface area contributed by atoms with Crippen LogP contribution in [0.3, 0.4) is 0 Å². The van der Waals surface area contributed by atoms with E-state index in [0.717, 1.165) is 10.9 Å². The van der Waals surface area contributed by atoms with E-state index < -0.39 is 23.9 Å². The second-order valence-electron chi connectivity index (χ2n) is 6.95. The first-order chi connectivity index (χ1) is 15.0. The van der Waals surface area contributed by atoms with Gasteiger partial charge in [-0.2, -0.15) is 0 Å². The number of nitrogens with two attached hydrogens (primary N) is 1. The molecule has 160 valence electrons. The molecule has 3 aromatic rings. The molecule has 0 saturated carbocycles. The van der Waals surface area contributed by atoms with E-state index in [4.69, 9.17) is 10.5 Å². The average Bonchev–Trinajstić information content (AvgIpc) is 2.79. The van der Waals surface area contributed by atoms with E-state index in [2.05, 4.69) is 15.6 Å². The number of ether oxygens (including phenoxy) is 1. The largest absolute Gasteiger partial charge is 0.445 e. The first-order valence-electron chi connectivity index (χ1n) is 9.93. The van der Waals surface area contributed by atoms with Crippen molar-refractivity contribution in [1.82, 2.24) is 15.6 Å². The number of amides is 3. The van der Waals surface area contributed by atoms with Crippen molar-refractivity contribution >= 4 is 28.8 Å². The zero-order valence-corrected chi connectivity index (χ0v) is 16.9. The summed E-state index contributed by atoms with van der Waals surface area (Å²) >= 11 is 0. The second kappa shape index (κ2) is 10.7. The number of rotatable bonds is 9. The molecule has 3 rings (SSSR count). The summed E-state index contributed by atoms with van der Waals surface area (Å²) in [5.41, 5.74) is 7.19. The highest BCUT2D eigenvalue weighted by molar-refractivity contribution is 5.97. The van der Waals surface area contributed by atoms with Crippen molar-refractivity contribution in [2.45, 2.75) is 25.5 Å². The molecule has 0 aliphatic carbocycles. The molecule has 0 spiro atoms. The lowest BCUT2D eigenvalue weighted by atomic mass is 10.1. The topological polar surface area (TPSA) is 123 Å². The molecule has 1 heterocycles. The number of nitrogens with one attached hydrogen (secondary N) is 2. The lowest BCUT2D eigenvalue weighted by molar-refractivity contribution is -0.120. The van der Waals surface area contributed by atoms with E-state index in [1.165, 1.54) is 0 Å². The van der Waals surface area contributed by atoms with E-state index in [1.54, 1.807) is 18.2 Å². The molecule has 8 heteroatoms. The van der Waals surface area contributed by atoms with Crippen LogP contribution in [0.2, 0.25) is 0 Å². The summed E-state index contributed by atoms with van der Waals surface area (Å²) in [5.74, 6) is -1.13. The number of alkyl carbamates (subject to hydrolysis) is 1. The van der Waals surface area contributed by atoms with Gasteiger partial charge in [0.25, 0.3) is 5.91 Å². The van der Waals surface area contributed by atoms with Gasteiger partial charge in [0.1, 0.15) is 18.3 Å². The second-order valence-corrected chi connectivity index (χ2v) is 6.95. The third-order valence-electron chi connectivity index (χ3n) is 4.63. The number of pyridine rings is 1. The van der Waals surface area contributed by atoms with Crippen molar-refractivity contribution in [2.24, 2.45) is 5.73 Å². The monoisotopic (exact) mass is 420 g/mol. The third kappa shape index (κ3) is 6.53. The Labute approximate surface area is 179 Å². The summed E-state index contributed by atoms with van der Waals surface area (Å²) in [7, 11) is 0. The smallest absolute Gasteiger partial charge is 0.407 e. The van der Waals surface area contributed by atoms with Gasteiger partial charge in [0.05, 0.1) is 5.52 Å². The summed E-state index contributed by atoms with van der Waals surface area (Å²) < 4.78 is 5.12. The predicted octanol–water partition coefficient (Wildman–Crippen LogP) is 2.53. The van der Waals surface area contributed by atoms with Crippen LogP contribution in [0.4, 0.5) is 4.79 Å². The number of para-hydroxylation sites is 1. The zero-order valence-electron chi connectivity index (χ0n) is 16.9. The number of aromatic nitrogens is 1. The van der Waals surface area contributed by atoms with E-state index >= 15 is 0 Å². The standard InChI is InChI=1S/C23H24N4O4/c24-21(28)19(11-6-14-25-23(30)31-15-16-7-2-1-3-8-16)27-22(29)20-13-12-17-9-4-5-10-18(17)26-20/h1-5,7-10,12-13,19H,6,11,14-15H2,(H2,24,28)(H,25,30)(H,27,29)/t19-/m0/s1. The Morgan fingerprint density at radius 3 is 2.48 bits per heavy atom. The van der Waals surface area contributed by atoms with Crippen LogP contribution >= 0.6 is 0 Å². The normalized spacial score (nSPS) is 11.5. The highest BCUT2D eigenvalue weighted by Crippen LogP contribution is 2.12. The molecule has 4 N–H and O–H groups in total. The zero-order chi connectivity index (χ0) is 22.1. The third-order valence-corrected chi connectivity index (χ3v) is 4.63. The van der Waals surface area contributed by atoms with Crippen LogP contribution in [0, 0.1) is 0 Å². The fourth-order valence-corrected chi connectivity index (χ4v) is 2.98. The van der Waals surface area contributed by atoms with Gasteiger partial charge < -0.3 is 21.1 Å². The van der Waals surface area contributed by atoms with Gasteiger partial charge in [-0.1, -0.05) is 54.6 Å². The van der Waals surface area contributed by atoms with Crippen molar-refractivity contribution in [1.29, 1.82) is 0 Å². The van der Waals surface area contributed by atoms with Crippen molar-refractivity contribution in [3.63, 3.8) is 0 Å². The number of fused-ring (bicyclic) bond motifs is 1. The van der Waals surface area contributed by atoms with Gasteiger partial charge in [-0.3, -0.25) is 9.59 Å². The first-order valence-corrected chi connectivity index (χ1v) is 9.93. The first kappa shape index (κ1) is 21.8. The lowest BCUT2D eigenvalue weighted by Gasteiger charge is -2.15. The van der Waals surface area contributed by atoms with Crippen LogP contribution in [0.1, 0.15) is 28.9 Å². The number of carbonyl (C=O) groups is 3. The SMILES string of the molecule is NC(=O)[C@H](CCCNC(=O)OCc1ccccc1)NC(=O)c1ccc2ccccc2n1. The van der Waals surface area contributed by atoms with Crippen LogP contribution in [-0.2, 0) is 16.1 Å². The summed E-state index contributed by atoms with van der Waals surface area (Å²) in [6.45, 7) is 0.451. The number of nitrogens with zero attached hydrogens (tertiary/aromatic N) is 1. The Balaban J connectivity index is 1.44. The number of hydrogen-bond donors (Lipinski definition) is 3. The quantitative estimate of drug-likeness (QED) is 0.459. The van der Waals surface area contributed by atoms with Crippen LogP contribution < -0.4 is 16.4 Å². The van der Waals surface area contributed by atoms with Crippen molar-refractivity contribution in [2.75, 3.05) is 6.54 Å². The number of carbonyl (C=O) groups excluding carboxylic acids is 3. The van der Waals surface area contributed by atoms with Gasteiger partial charge in [-0.25, -0.2) is 9.78 Å². The van der Waals surface area contributed by atoms with Crippen LogP contribution in [0.25, 0.3) is 10.9 Å². The molecule has 3 amide bonds. The Kier molecular flexibility index (Phi) is 7.53. The maximum Gasteiger partial charge on any atom is 0.407 e. The summed E-state index contributed by atoms with van der Waals surface area (Å²) in [6.07, 6.45) is 0.150. The van der Waals surface area contributed by atoms with E-state index in [9.17, 15) is 14.4 Å². The molecule has 0 fully saturated rings. The molecule has 0 unspecified atom stereocenters. The molecule has 0 saturated heterocycles. The Bertz CT molecular complexity index is 1060. The van der Waals surface area contributed by atoms with E-state index in [-0.39, 0.29) is 25.3 Å². The van der Waals surface area contributed by atoms with Crippen LogP contribution in [0.5, 0.6) is 0 Å². The van der Waals surface area contributed by atoms with Crippen LogP contribution in [-0.4, -0.2) is 35.5 Å².